The van der Waals surface area contributed by atoms with Crippen LogP contribution in [0.4, 0.5) is 4.39 Å². The van der Waals surface area contributed by atoms with Crippen molar-refractivity contribution < 1.29 is 9.50 Å². The van der Waals surface area contributed by atoms with Crippen LogP contribution in [0.3, 0.4) is 0 Å². The lowest BCUT2D eigenvalue weighted by Crippen LogP contribution is -2.06. The monoisotopic (exact) mass is 106 g/mol. The number of aliphatic hydroxyl groups excluding tert-OH is 1. The number of rotatable bonds is 2. The Balaban J connectivity index is 2.95. The number of aliphatic hydroxyl groups is 1. The SMILES string of the molecule is CC(F)C[C@H](C)O. The van der Waals surface area contributed by atoms with E-state index in [1.165, 1.54) is 6.92 Å². The summed E-state index contributed by atoms with van der Waals surface area (Å²) in [6, 6.07) is 0. The molecule has 0 bridgehead atoms. The smallest absolute Gasteiger partial charge is 0.0998 e. The van der Waals surface area contributed by atoms with E-state index in [2.05, 4.69) is 0 Å². The zero-order chi connectivity index (χ0) is 5.86. The molecule has 0 saturated heterocycles. The molecule has 0 aliphatic rings. The summed E-state index contributed by atoms with van der Waals surface area (Å²) in [5, 5.41) is 8.48. The van der Waals surface area contributed by atoms with Gasteiger partial charge >= 0.3 is 0 Å². The average molecular weight is 106 g/mol. The van der Waals surface area contributed by atoms with Crippen molar-refractivity contribution in [3.63, 3.8) is 0 Å². The van der Waals surface area contributed by atoms with Crippen LogP contribution in [0.1, 0.15) is 20.3 Å². The summed E-state index contributed by atoms with van der Waals surface area (Å²) in [6.07, 6.45) is -1.13. The molecule has 0 rings (SSSR count). The number of alkyl halides is 1. The highest BCUT2D eigenvalue weighted by molar-refractivity contribution is 4.51. The molecule has 0 aromatic carbocycles. The van der Waals surface area contributed by atoms with Crippen molar-refractivity contribution in [1.29, 1.82) is 0 Å². The van der Waals surface area contributed by atoms with E-state index in [-0.39, 0.29) is 6.42 Å². The minimum Gasteiger partial charge on any atom is -0.393 e. The van der Waals surface area contributed by atoms with Gasteiger partial charge < -0.3 is 5.11 Å². The van der Waals surface area contributed by atoms with E-state index in [0.717, 1.165) is 0 Å². The van der Waals surface area contributed by atoms with Crippen LogP contribution in [0.25, 0.3) is 0 Å². The van der Waals surface area contributed by atoms with Crippen molar-refractivity contribution in [3.05, 3.63) is 0 Å². The van der Waals surface area contributed by atoms with Gasteiger partial charge in [0.1, 0.15) is 0 Å². The number of hydrogen-bond acceptors (Lipinski definition) is 1. The third-order valence-electron chi connectivity index (χ3n) is 0.666. The second-order valence-corrected chi connectivity index (χ2v) is 1.87. The van der Waals surface area contributed by atoms with Crippen LogP contribution >= 0.6 is 0 Å². The highest BCUT2D eigenvalue weighted by atomic mass is 19.1. The van der Waals surface area contributed by atoms with Crippen molar-refractivity contribution in [2.75, 3.05) is 0 Å². The Kier molecular flexibility index (Phi) is 2.92. The molecule has 0 aromatic heterocycles. The minimum absolute atomic E-state index is 0.250. The van der Waals surface area contributed by atoms with Crippen molar-refractivity contribution in [2.45, 2.75) is 32.5 Å². The van der Waals surface area contributed by atoms with E-state index >= 15 is 0 Å². The van der Waals surface area contributed by atoms with Crippen molar-refractivity contribution in [3.8, 4) is 0 Å². The molecule has 0 fully saturated rings. The summed E-state index contributed by atoms with van der Waals surface area (Å²) in [5.41, 5.74) is 0. The Bertz CT molecular complexity index is 37.3. The Morgan fingerprint density at radius 2 is 2.00 bits per heavy atom. The molecular formula is C5H11FO. The predicted octanol–water partition coefficient (Wildman–Crippen LogP) is 1.12. The van der Waals surface area contributed by atoms with E-state index < -0.39 is 12.3 Å². The molecule has 0 aliphatic carbocycles. The Hall–Kier alpha value is -0.110. The van der Waals surface area contributed by atoms with E-state index in [1.54, 1.807) is 6.92 Å². The lowest BCUT2D eigenvalue weighted by Gasteiger charge is -2.01. The largest absolute Gasteiger partial charge is 0.393 e. The van der Waals surface area contributed by atoms with Crippen LogP contribution in [0, 0.1) is 0 Å². The molecule has 2 heteroatoms. The first kappa shape index (κ1) is 6.89. The van der Waals surface area contributed by atoms with Gasteiger partial charge in [0.15, 0.2) is 0 Å². The summed E-state index contributed by atoms with van der Waals surface area (Å²) in [5.74, 6) is 0. The molecule has 44 valence electrons. The van der Waals surface area contributed by atoms with Gasteiger partial charge in [0.05, 0.1) is 12.3 Å². The molecule has 0 amide bonds. The number of halogens is 1. The van der Waals surface area contributed by atoms with Gasteiger partial charge in [0.25, 0.3) is 0 Å². The van der Waals surface area contributed by atoms with Crippen LogP contribution in [0.5, 0.6) is 0 Å². The highest BCUT2D eigenvalue weighted by Gasteiger charge is 2.00. The molecular weight excluding hydrogens is 95.1 g/mol. The van der Waals surface area contributed by atoms with Crippen LogP contribution in [-0.2, 0) is 0 Å². The van der Waals surface area contributed by atoms with E-state index in [1.807, 2.05) is 0 Å². The lowest BCUT2D eigenvalue weighted by molar-refractivity contribution is 0.148. The van der Waals surface area contributed by atoms with Crippen LogP contribution in [0.15, 0.2) is 0 Å². The zero-order valence-corrected chi connectivity index (χ0v) is 4.69. The van der Waals surface area contributed by atoms with E-state index in [4.69, 9.17) is 5.11 Å². The molecule has 0 aromatic rings. The van der Waals surface area contributed by atoms with Gasteiger partial charge in [-0.3, -0.25) is 0 Å². The fourth-order valence-corrected chi connectivity index (χ4v) is 0.470. The maximum Gasteiger partial charge on any atom is 0.0998 e. The van der Waals surface area contributed by atoms with Crippen LogP contribution in [0.2, 0.25) is 0 Å². The van der Waals surface area contributed by atoms with Crippen molar-refractivity contribution >= 4 is 0 Å². The van der Waals surface area contributed by atoms with Gasteiger partial charge in [-0.2, -0.15) is 0 Å². The normalized spacial score (nSPS) is 18.9. The molecule has 1 N–H and O–H groups in total. The Morgan fingerprint density at radius 3 is 2.00 bits per heavy atom. The quantitative estimate of drug-likeness (QED) is 0.559. The predicted molar refractivity (Wildman–Crippen MR) is 26.9 cm³/mol. The van der Waals surface area contributed by atoms with Gasteiger partial charge in [-0.15, -0.1) is 0 Å². The Labute approximate surface area is 43.2 Å². The topological polar surface area (TPSA) is 20.2 Å². The average Bonchev–Trinajstić information content (AvgIpc) is 1.27. The Morgan fingerprint density at radius 1 is 1.57 bits per heavy atom. The summed E-state index contributed by atoms with van der Waals surface area (Å²) in [6.45, 7) is 3.02. The third kappa shape index (κ3) is 5.89. The van der Waals surface area contributed by atoms with Gasteiger partial charge in [0.2, 0.25) is 0 Å². The summed E-state index contributed by atoms with van der Waals surface area (Å²) >= 11 is 0. The van der Waals surface area contributed by atoms with Gasteiger partial charge in [-0.1, -0.05) is 0 Å². The molecule has 0 heterocycles. The molecule has 0 aliphatic heterocycles. The van der Waals surface area contributed by atoms with Crippen LogP contribution < -0.4 is 0 Å². The summed E-state index contributed by atoms with van der Waals surface area (Å²) in [7, 11) is 0. The summed E-state index contributed by atoms with van der Waals surface area (Å²) in [4.78, 5) is 0. The molecule has 0 saturated carbocycles. The molecule has 0 radical (unpaired) electrons. The van der Waals surface area contributed by atoms with Gasteiger partial charge in [0, 0.05) is 6.42 Å². The molecule has 1 unspecified atom stereocenters. The summed E-state index contributed by atoms with van der Waals surface area (Å²) < 4.78 is 11.8. The number of hydrogen-bond donors (Lipinski definition) is 1. The van der Waals surface area contributed by atoms with E-state index in [0.29, 0.717) is 0 Å². The zero-order valence-electron chi connectivity index (χ0n) is 4.69. The van der Waals surface area contributed by atoms with Crippen molar-refractivity contribution in [2.24, 2.45) is 0 Å². The second-order valence-electron chi connectivity index (χ2n) is 1.87. The van der Waals surface area contributed by atoms with E-state index in [9.17, 15) is 4.39 Å². The fourth-order valence-electron chi connectivity index (χ4n) is 0.470. The maximum atomic E-state index is 11.8. The fraction of sp³-hybridized carbons (Fsp3) is 1.00. The third-order valence-corrected chi connectivity index (χ3v) is 0.666. The highest BCUT2D eigenvalue weighted by Crippen LogP contribution is 1.98. The first-order valence-electron chi connectivity index (χ1n) is 2.45. The first-order valence-corrected chi connectivity index (χ1v) is 2.45. The minimum atomic E-state index is -0.875. The van der Waals surface area contributed by atoms with Gasteiger partial charge in [-0.05, 0) is 13.8 Å². The second kappa shape index (κ2) is 2.97. The molecule has 0 spiro atoms. The molecule has 2 atom stereocenters. The standard InChI is InChI=1S/C5H11FO/c1-4(6)3-5(2)7/h4-5,7H,3H2,1-2H3/t4?,5-/m0/s1. The lowest BCUT2D eigenvalue weighted by atomic mass is 10.2. The molecule has 7 heavy (non-hydrogen) atoms. The molecule has 1 nitrogen and oxygen atoms in total. The first-order chi connectivity index (χ1) is 3.13. The van der Waals surface area contributed by atoms with Crippen molar-refractivity contribution in [1.82, 2.24) is 0 Å². The van der Waals surface area contributed by atoms with Gasteiger partial charge in [-0.25, -0.2) is 4.39 Å². The maximum absolute atomic E-state index is 11.8. The van der Waals surface area contributed by atoms with Crippen LogP contribution in [-0.4, -0.2) is 17.4 Å².